The lowest BCUT2D eigenvalue weighted by atomic mass is 9.97. The Labute approximate surface area is 275 Å². The molecule has 2 saturated heterocycles. The number of ether oxygens (including phenoxy) is 6. The van der Waals surface area contributed by atoms with E-state index in [0.717, 1.165) is 58.3 Å². The molecule has 2 rings (SSSR count). The van der Waals surface area contributed by atoms with Crippen molar-refractivity contribution in [1.29, 1.82) is 0 Å². The van der Waals surface area contributed by atoms with E-state index in [-0.39, 0.29) is 13.0 Å². The van der Waals surface area contributed by atoms with Crippen LogP contribution in [-0.4, -0.2) is 129 Å². The number of esters is 2. The highest BCUT2D eigenvalue weighted by molar-refractivity contribution is 5.66. The molecule has 0 aromatic carbocycles. The summed E-state index contributed by atoms with van der Waals surface area (Å²) in [6.45, 7) is 3.33. The van der Waals surface area contributed by atoms with Gasteiger partial charge in [-0.15, -0.1) is 0 Å². The molecule has 11 unspecified atom stereocenters. The summed E-state index contributed by atoms with van der Waals surface area (Å²) in [6, 6.07) is 0. The first kappa shape index (κ1) is 41.0. The fourth-order valence-corrected chi connectivity index (χ4v) is 5.31. The van der Waals surface area contributed by atoms with Crippen molar-refractivity contribution in [3.05, 3.63) is 12.2 Å². The van der Waals surface area contributed by atoms with E-state index in [9.17, 15) is 39.9 Å². The zero-order chi connectivity index (χ0) is 34.9. The van der Waals surface area contributed by atoms with E-state index >= 15 is 0 Å². The van der Waals surface area contributed by atoms with Crippen LogP contribution < -0.4 is 0 Å². The topological polar surface area (TPSA) is 228 Å². The van der Waals surface area contributed by atoms with Gasteiger partial charge in [-0.05, 0) is 45.4 Å². The minimum absolute atomic E-state index is 0.216. The van der Waals surface area contributed by atoms with Gasteiger partial charge in [-0.1, -0.05) is 37.8 Å². The molecule has 0 spiro atoms. The summed E-state index contributed by atoms with van der Waals surface area (Å²) >= 11 is 0. The Morgan fingerprint density at radius 2 is 1.19 bits per heavy atom. The van der Waals surface area contributed by atoms with Crippen LogP contribution in [0.3, 0.4) is 0 Å². The van der Waals surface area contributed by atoms with Gasteiger partial charge in [0.15, 0.2) is 12.6 Å². The average molecular weight is 679 g/mol. The number of carboxylic acids is 1. The summed E-state index contributed by atoms with van der Waals surface area (Å²) in [4.78, 5) is 33.2. The van der Waals surface area contributed by atoms with Crippen LogP contribution >= 0.6 is 0 Å². The lowest BCUT2D eigenvalue weighted by Gasteiger charge is -2.46. The second kappa shape index (κ2) is 21.7. The maximum atomic E-state index is 11.4. The highest BCUT2D eigenvalue weighted by atomic mass is 16.8. The largest absolute Gasteiger partial charge is 0.481 e. The molecule has 0 aliphatic carbocycles. The van der Waals surface area contributed by atoms with Gasteiger partial charge in [-0.3, -0.25) is 14.4 Å². The monoisotopic (exact) mass is 678 g/mol. The molecule has 0 aromatic heterocycles. The third-order valence-electron chi connectivity index (χ3n) is 8.03. The molecule has 0 radical (unpaired) electrons. The summed E-state index contributed by atoms with van der Waals surface area (Å²) in [5, 5.41) is 61.7. The average Bonchev–Trinajstić information content (AvgIpc) is 3.01. The van der Waals surface area contributed by atoms with E-state index in [1.165, 1.54) is 6.92 Å². The molecular weight excluding hydrogens is 624 g/mol. The molecule has 272 valence electrons. The van der Waals surface area contributed by atoms with E-state index in [0.29, 0.717) is 12.8 Å². The molecule has 0 aromatic rings. The molecule has 2 heterocycles. The Bertz CT molecular complexity index is 961. The number of allylic oxidation sites excluding steroid dienone is 2. The van der Waals surface area contributed by atoms with Crippen molar-refractivity contribution in [2.45, 2.75) is 159 Å². The van der Waals surface area contributed by atoms with Gasteiger partial charge in [-0.2, -0.15) is 0 Å². The van der Waals surface area contributed by atoms with Crippen LogP contribution in [0.5, 0.6) is 0 Å². The van der Waals surface area contributed by atoms with Crippen molar-refractivity contribution in [3.63, 3.8) is 0 Å². The zero-order valence-electron chi connectivity index (χ0n) is 27.6. The van der Waals surface area contributed by atoms with E-state index < -0.39 is 92.0 Å². The molecular formula is C32H54O15. The second-order valence-electron chi connectivity index (χ2n) is 12.1. The number of unbranched alkanes of at least 4 members (excludes halogenated alkanes) is 7. The number of carboxylic acid groups (broad SMARTS) is 1. The summed E-state index contributed by atoms with van der Waals surface area (Å²) in [5.41, 5.74) is 0. The quantitative estimate of drug-likeness (QED) is 0.0567. The number of carbonyl (C=O) groups is 3. The van der Waals surface area contributed by atoms with Crippen LogP contribution in [0.25, 0.3) is 0 Å². The lowest BCUT2D eigenvalue weighted by molar-refractivity contribution is -0.371. The van der Waals surface area contributed by atoms with E-state index in [2.05, 4.69) is 12.2 Å². The first-order valence-electron chi connectivity index (χ1n) is 16.5. The van der Waals surface area contributed by atoms with Crippen LogP contribution in [0, 0.1) is 0 Å². The van der Waals surface area contributed by atoms with Crippen molar-refractivity contribution in [2.75, 3.05) is 13.2 Å². The number of aliphatic hydroxyl groups is 5. The van der Waals surface area contributed by atoms with Gasteiger partial charge in [0.1, 0.15) is 62.0 Å². The van der Waals surface area contributed by atoms with Gasteiger partial charge < -0.3 is 59.1 Å². The summed E-state index contributed by atoms with van der Waals surface area (Å²) in [6.07, 6.45) is -2.16. The van der Waals surface area contributed by atoms with Crippen LogP contribution in [0.1, 0.15) is 91.4 Å². The molecule has 0 bridgehead atoms. The fraction of sp³-hybridized carbons (Fsp3) is 0.844. The second-order valence-corrected chi connectivity index (χ2v) is 12.1. The van der Waals surface area contributed by atoms with Gasteiger partial charge >= 0.3 is 17.9 Å². The smallest absolute Gasteiger partial charge is 0.303 e. The van der Waals surface area contributed by atoms with Gasteiger partial charge in [0.25, 0.3) is 0 Å². The third kappa shape index (κ3) is 14.8. The first-order chi connectivity index (χ1) is 22.3. The highest BCUT2D eigenvalue weighted by Crippen LogP contribution is 2.31. The van der Waals surface area contributed by atoms with Gasteiger partial charge in [0.2, 0.25) is 0 Å². The standard InChI is InChI=1S/C32H54O15/c1-19(15-13-11-9-7-5-4-6-8-10-12-14-16-24(35)36)44-32-30(28(40)26(38)23(46-32)18-43-21(3)34)47-31-29(41)27(39)25(37)22(45-31)17-42-20(2)33/h4,6,19,22-23,25-32,37-41H,5,7-18H2,1-3H3,(H,35,36). The SMILES string of the molecule is CC(=O)OCC1OC(OC2C(OC(C)CCCCCCC=CCCCCCC(=O)O)OC(COC(C)=O)C(O)C2O)C(O)C(O)C1O. The normalized spacial score (nSPS) is 31.8. The minimum atomic E-state index is -1.78. The Balaban J connectivity index is 1.91. The fourth-order valence-electron chi connectivity index (χ4n) is 5.31. The Morgan fingerprint density at radius 3 is 1.74 bits per heavy atom. The number of carbonyl (C=O) groups excluding carboxylic acids is 2. The van der Waals surface area contributed by atoms with Crippen molar-refractivity contribution in [3.8, 4) is 0 Å². The van der Waals surface area contributed by atoms with Gasteiger partial charge in [0.05, 0.1) is 6.10 Å². The summed E-state index contributed by atoms with van der Waals surface area (Å²) in [7, 11) is 0. The number of rotatable bonds is 21. The Morgan fingerprint density at radius 1 is 0.681 bits per heavy atom. The van der Waals surface area contributed by atoms with Crippen LogP contribution in [-0.2, 0) is 42.8 Å². The van der Waals surface area contributed by atoms with Crippen molar-refractivity contribution < 1.29 is 73.4 Å². The highest BCUT2D eigenvalue weighted by Gasteiger charge is 2.51. The summed E-state index contributed by atoms with van der Waals surface area (Å²) < 4.78 is 33.2. The molecule has 47 heavy (non-hydrogen) atoms. The Hall–Kier alpha value is -2.21. The van der Waals surface area contributed by atoms with Crippen LogP contribution in [0.2, 0.25) is 0 Å². The molecule has 2 aliphatic heterocycles. The molecule has 0 saturated carbocycles. The van der Waals surface area contributed by atoms with Gasteiger partial charge in [-0.25, -0.2) is 0 Å². The molecule has 15 nitrogen and oxygen atoms in total. The molecule has 6 N–H and O–H groups in total. The minimum Gasteiger partial charge on any atom is -0.481 e. The van der Waals surface area contributed by atoms with E-state index in [1.807, 2.05) is 0 Å². The molecule has 2 fully saturated rings. The lowest BCUT2D eigenvalue weighted by Crippen LogP contribution is -2.65. The zero-order valence-corrected chi connectivity index (χ0v) is 27.6. The van der Waals surface area contributed by atoms with Crippen LogP contribution in [0.15, 0.2) is 12.2 Å². The number of aliphatic hydroxyl groups excluding tert-OH is 5. The molecule has 15 heteroatoms. The molecule has 2 aliphatic rings. The number of hydrogen-bond acceptors (Lipinski definition) is 14. The maximum absolute atomic E-state index is 11.4. The summed E-state index contributed by atoms with van der Waals surface area (Å²) in [5.74, 6) is -2.03. The van der Waals surface area contributed by atoms with Gasteiger partial charge in [0, 0.05) is 20.3 Å². The van der Waals surface area contributed by atoms with Crippen molar-refractivity contribution in [1.82, 2.24) is 0 Å². The predicted molar refractivity (Wildman–Crippen MR) is 164 cm³/mol. The number of aliphatic carboxylic acids is 1. The number of hydrogen-bond donors (Lipinski definition) is 6. The Kier molecular flexibility index (Phi) is 18.9. The van der Waals surface area contributed by atoms with Crippen molar-refractivity contribution >= 4 is 17.9 Å². The predicted octanol–water partition coefficient (Wildman–Crippen LogP) is 1.09. The van der Waals surface area contributed by atoms with Crippen molar-refractivity contribution in [2.24, 2.45) is 0 Å². The molecule has 11 atom stereocenters. The maximum Gasteiger partial charge on any atom is 0.303 e. The third-order valence-corrected chi connectivity index (χ3v) is 8.03. The van der Waals surface area contributed by atoms with Crippen LogP contribution in [0.4, 0.5) is 0 Å². The molecule has 0 amide bonds. The van der Waals surface area contributed by atoms with E-state index in [4.69, 9.17) is 33.5 Å². The van der Waals surface area contributed by atoms with E-state index in [1.54, 1.807) is 6.92 Å². The first-order valence-corrected chi connectivity index (χ1v) is 16.5.